The summed E-state index contributed by atoms with van der Waals surface area (Å²) >= 11 is 0. The topological polar surface area (TPSA) is 41.0 Å². The van der Waals surface area contributed by atoms with Gasteiger partial charge in [-0.2, -0.15) is 0 Å². The molecule has 102 valence electrons. The molecule has 2 atom stereocenters. The number of nitrogens with zero attached hydrogens (tertiary/aromatic N) is 3. The average molecular weight is 266 g/mol. The zero-order valence-corrected chi connectivity index (χ0v) is 11.6. The molecule has 3 heterocycles. The number of pyridine rings is 2. The second-order valence-corrected chi connectivity index (χ2v) is 5.72. The molecule has 0 spiro atoms. The molecule has 4 heteroatoms. The maximum atomic E-state index is 4.61. The first kappa shape index (κ1) is 11.7. The largest absolute Gasteiger partial charge is 0.373 e. The van der Waals surface area contributed by atoms with Gasteiger partial charge in [-0.05, 0) is 42.5 Å². The number of rotatable bonds is 3. The minimum absolute atomic E-state index is 0.881. The fourth-order valence-corrected chi connectivity index (χ4v) is 3.04. The Kier molecular flexibility index (Phi) is 2.62. The number of fused-ring (bicyclic) bond motifs is 1. The van der Waals surface area contributed by atoms with Gasteiger partial charge in [0.15, 0.2) is 0 Å². The van der Waals surface area contributed by atoms with Crippen LogP contribution in [0.15, 0.2) is 36.5 Å². The van der Waals surface area contributed by atoms with Gasteiger partial charge in [0.05, 0.1) is 5.69 Å². The number of anilines is 2. The molecule has 2 aromatic heterocycles. The highest BCUT2D eigenvalue weighted by molar-refractivity contribution is 5.62. The Morgan fingerprint density at radius 2 is 2.00 bits per heavy atom. The fraction of sp³-hybridized carbons (Fsp3) is 0.375. The van der Waals surface area contributed by atoms with Gasteiger partial charge in [-0.25, -0.2) is 9.97 Å². The Bertz CT molecular complexity index is 613. The van der Waals surface area contributed by atoms with Gasteiger partial charge >= 0.3 is 0 Å². The second-order valence-electron chi connectivity index (χ2n) is 5.72. The van der Waals surface area contributed by atoms with E-state index in [1.54, 1.807) is 0 Å². The number of aromatic nitrogens is 2. The second kappa shape index (κ2) is 4.47. The first-order valence-corrected chi connectivity index (χ1v) is 7.19. The number of hydrogen-bond donors (Lipinski definition) is 1. The van der Waals surface area contributed by atoms with Crippen LogP contribution >= 0.6 is 0 Å². The lowest BCUT2D eigenvalue weighted by atomic mass is 10.2. The van der Waals surface area contributed by atoms with Gasteiger partial charge in [-0.3, -0.25) is 0 Å². The molecule has 2 fully saturated rings. The van der Waals surface area contributed by atoms with Crippen molar-refractivity contribution in [1.29, 1.82) is 0 Å². The third-order valence-corrected chi connectivity index (χ3v) is 4.35. The lowest BCUT2D eigenvalue weighted by Crippen LogP contribution is -2.22. The predicted molar refractivity (Wildman–Crippen MR) is 80.8 cm³/mol. The van der Waals surface area contributed by atoms with Crippen molar-refractivity contribution in [3.05, 3.63) is 36.5 Å². The predicted octanol–water partition coefficient (Wildman–Crippen LogP) is 2.64. The number of hydrogen-bond acceptors (Lipinski definition) is 4. The van der Waals surface area contributed by atoms with Crippen molar-refractivity contribution in [2.24, 2.45) is 11.8 Å². The number of nitrogens with one attached hydrogen (secondary N) is 1. The molecule has 0 amide bonds. The summed E-state index contributed by atoms with van der Waals surface area (Å²) in [5.74, 6) is 3.85. The maximum Gasteiger partial charge on any atom is 0.128 e. The summed E-state index contributed by atoms with van der Waals surface area (Å²) in [5.41, 5.74) is 2.02. The highest BCUT2D eigenvalue weighted by Crippen LogP contribution is 2.45. The highest BCUT2D eigenvalue weighted by Gasteiger charge is 2.45. The van der Waals surface area contributed by atoms with Crippen molar-refractivity contribution in [3.8, 4) is 11.3 Å². The summed E-state index contributed by atoms with van der Waals surface area (Å²) < 4.78 is 0. The number of piperidine rings is 1. The van der Waals surface area contributed by atoms with E-state index < -0.39 is 0 Å². The SMILES string of the molecule is CNc1cccc(-c2ccc(N3CC4CC4C3)nc2)n1. The van der Waals surface area contributed by atoms with Gasteiger partial charge in [0, 0.05) is 31.9 Å². The fourth-order valence-electron chi connectivity index (χ4n) is 3.04. The molecule has 2 aliphatic rings. The van der Waals surface area contributed by atoms with Gasteiger partial charge in [0.25, 0.3) is 0 Å². The van der Waals surface area contributed by atoms with Gasteiger partial charge in [0.1, 0.15) is 11.6 Å². The maximum absolute atomic E-state index is 4.61. The molecule has 1 aliphatic carbocycles. The normalized spacial score (nSPS) is 23.6. The van der Waals surface area contributed by atoms with E-state index >= 15 is 0 Å². The van der Waals surface area contributed by atoms with Crippen molar-refractivity contribution < 1.29 is 0 Å². The Balaban J connectivity index is 1.57. The molecule has 0 bridgehead atoms. The first-order chi connectivity index (χ1) is 9.83. The first-order valence-electron chi connectivity index (χ1n) is 7.19. The van der Waals surface area contributed by atoms with E-state index in [9.17, 15) is 0 Å². The molecule has 2 aromatic rings. The van der Waals surface area contributed by atoms with Crippen LogP contribution in [0.3, 0.4) is 0 Å². The third kappa shape index (κ3) is 2.01. The summed E-state index contributed by atoms with van der Waals surface area (Å²) in [4.78, 5) is 11.6. The molecular weight excluding hydrogens is 248 g/mol. The molecule has 4 nitrogen and oxygen atoms in total. The molecule has 1 saturated carbocycles. The minimum atomic E-state index is 0.881. The van der Waals surface area contributed by atoms with Crippen LogP contribution in [0, 0.1) is 11.8 Å². The van der Waals surface area contributed by atoms with Gasteiger partial charge in [0.2, 0.25) is 0 Å². The third-order valence-electron chi connectivity index (χ3n) is 4.35. The molecule has 1 aliphatic heterocycles. The van der Waals surface area contributed by atoms with Crippen LogP contribution in [0.25, 0.3) is 11.3 Å². The monoisotopic (exact) mass is 266 g/mol. The van der Waals surface area contributed by atoms with E-state index in [1.807, 2.05) is 31.4 Å². The molecular formula is C16H18N4. The van der Waals surface area contributed by atoms with Crippen molar-refractivity contribution in [2.75, 3.05) is 30.4 Å². The van der Waals surface area contributed by atoms with E-state index in [-0.39, 0.29) is 0 Å². The smallest absolute Gasteiger partial charge is 0.128 e. The molecule has 0 radical (unpaired) electrons. The Morgan fingerprint density at radius 1 is 1.15 bits per heavy atom. The van der Waals surface area contributed by atoms with Gasteiger partial charge in [-0.1, -0.05) is 6.07 Å². The zero-order valence-electron chi connectivity index (χ0n) is 11.6. The van der Waals surface area contributed by atoms with Crippen LogP contribution < -0.4 is 10.2 Å². The van der Waals surface area contributed by atoms with E-state index in [2.05, 4.69) is 32.3 Å². The summed E-state index contributed by atoms with van der Waals surface area (Å²) in [5, 5.41) is 3.06. The van der Waals surface area contributed by atoms with E-state index in [1.165, 1.54) is 19.5 Å². The van der Waals surface area contributed by atoms with Crippen molar-refractivity contribution in [1.82, 2.24) is 9.97 Å². The average Bonchev–Trinajstić information content (AvgIpc) is 3.13. The van der Waals surface area contributed by atoms with Crippen LogP contribution in [0.1, 0.15) is 6.42 Å². The van der Waals surface area contributed by atoms with Crippen molar-refractivity contribution in [3.63, 3.8) is 0 Å². The van der Waals surface area contributed by atoms with Crippen LogP contribution in [-0.2, 0) is 0 Å². The minimum Gasteiger partial charge on any atom is -0.373 e. The lowest BCUT2D eigenvalue weighted by Gasteiger charge is -2.18. The summed E-state index contributed by atoms with van der Waals surface area (Å²) in [6.07, 6.45) is 3.36. The molecule has 1 N–H and O–H groups in total. The molecule has 1 saturated heterocycles. The van der Waals surface area contributed by atoms with E-state index in [0.29, 0.717) is 0 Å². The Hall–Kier alpha value is -2.10. The van der Waals surface area contributed by atoms with Crippen LogP contribution in [-0.4, -0.2) is 30.1 Å². The Morgan fingerprint density at radius 3 is 2.70 bits per heavy atom. The van der Waals surface area contributed by atoms with Gasteiger partial charge < -0.3 is 10.2 Å². The molecule has 2 unspecified atom stereocenters. The summed E-state index contributed by atoms with van der Waals surface area (Å²) in [7, 11) is 1.88. The molecule has 0 aromatic carbocycles. The lowest BCUT2D eigenvalue weighted by molar-refractivity contribution is 0.805. The zero-order chi connectivity index (χ0) is 13.5. The van der Waals surface area contributed by atoms with Crippen molar-refractivity contribution in [2.45, 2.75) is 6.42 Å². The molecule has 20 heavy (non-hydrogen) atoms. The standard InChI is InChI=1S/C16H18N4/c1-17-15-4-2-3-14(19-15)11-5-6-16(18-8-11)20-9-12-7-13(12)10-20/h2-6,8,12-13H,7,9-10H2,1H3,(H,17,19). The van der Waals surface area contributed by atoms with E-state index in [4.69, 9.17) is 0 Å². The van der Waals surface area contributed by atoms with Gasteiger partial charge in [-0.15, -0.1) is 0 Å². The quantitative estimate of drug-likeness (QED) is 0.927. The van der Waals surface area contributed by atoms with E-state index in [0.717, 1.165) is 34.7 Å². The van der Waals surface area contributed by atoms with Crippen LogP contribution in [0.4, 0.5) is 11.6 Å². The van der Waals surface area contributed by atoms with Crippen LogP contribution in [0.2, 0.25) is 0 Å². The van der Waals surface area contributed by atoms with Crippen LogP contribution in [0.5, 0.6) is 0 Å². The summed E-state index contributed by atoms with van der Waals surface area (Å²) in [6.45, 7) is 2.37. The molecule has 4 rings (SSSR count). The Labute approximate surface area is 118 Å². The van der Waals surface area contributed by atoms with Crippen molar-refractivity contribution >= 4 is 11.6 Å². The summed E-state index contributed by atoms with van der Waals surface area (Å²) in [6, 6.07) is 10.2. The highest BCUT2D eigenvalue weighted by atomic mass is 15.2.